The molecule has 0 spiro atoms. The average Bonchev–Trinajstić information content (AvgIpc) is 2.75. The van der Waals surface area contributed by atoms with Crippen LogP contribution in [0.4, 0.5) is 0 Å². The van der Waals surface area contributed by atoms with E-state index in [9.17, 15) is 9.90 Å². The van der Waals surface area contributed by atoms with Crippen molar-refractivity contribution in [2.75, 3.05) is 0 Å². The molecule has 1 N–H and O–H groups in total. The number of halogens is 1. The van der Waals surface area contributed by atoms with Crippen LogP contribution in [0.2, 0.25) is 5.02 Å². The molecule has 0 fully saturated rings. The van der Waals surface area contributed by atoms with Gasteiger partial charge in [-0.25, -0.2) is 0 Å². The molecule has 0 radical (unpaired) electrons. The van der Waals surface area contributed by atoms with Crippen molar-refractivity contribution in [3.63, 3.8) is 0 Å². The first-order valence-electron chi connectivity index (χ1n) is 10.1. The number of benzene rings is 3. The van der Waals surface area contributed by atoms with Gasteiger partial charge in [-0.05, 0) is 60.4 Å². The van der Waals surface area contributed by atoms with Crippen LogP contribution in [0.15, 0.2) is 78.9 Å². The number of carboxylic acids is 1. The third-order valence-corrected chi connectivity index (χ3v) is 5.75. The van der Waals surface area contributed by atoms with Crippen LogP contribution in [0.25, 0.3) is 0 Å². The summed E-state index contributed by atoms with van der Waals surface area (Å²) in [5.41, 5.74) is 0.189. The van der Waals surface area contributed by atoms with Gasteiger partial charge in [-0.1, -0.05) is 73.8 Å². The molecular formula is C27H25ClO3. The molecule has 3 aromatic rings. The van der Waals surface area contributed by atoms with Crippen LogP contribution in [0, 0.1) is 17.8 Å². The van der Waals surface area contributed by atoms with Crippen molar-refractivity contribution in [3.8, 4) is 23.3 Å². The Morgan fingerprint density at radius 1 is 0.968 bits per heavy atom. The Labute approximate surface area is 188 Å². The van der Waals surface area contributed by atoms with Gasteiger partial charge in [0.05, 0.1) is 5.92 Å². The highest BCUT2D eigenvalue weighted by Crippen LogP contribution is 2.46. The minimum absolute atomic E-state index is 0.240. The number of ether oxygens (including phenoxy) is 1. The smallest absolute Gasteiger partial charge is 0.316 e. The predicted molar refractivity (Wildman–Crippen MR) is 125 cm³/mol. The molecule has 2 atom stereocenters. The summed E-state index contributed by atoms with van der Waals surface area (Å²) in [6.45, 7) is 5.56. The Hall–Kier alpha value is -3.22. The first-order chi connectivity index (χ1) is 14.9. The van der Waals surface area contributed by atoms with Gasteiger partial charge >= 0.3 is 5.97 Å². The fourth-order valence-electron chi connectivity index (χ4n) is 4.04. The Bertz CT molecular complexity index is 1090. The zero-order valence-corrected chi connectivity index (χ0v) is 18.6. The van der Waals surface area contributed by atoms with Crippen LogP contribution in [0.1, 0.15) is 37.8 Å². The molecule has 3 rings (SSSR count). The molecule has 0 saturated carbocycles. The molecular weight excluding hydrogens is 408 g/mol. The zero-order valence-electron chi connectivity index (χ0n) is 17.8. The van der Waals surface area contributed by atoms with Gasteiger partial charge in [-0.2, -0.15) is 0 Å². The van der Waals surface area contributed by atoms with Crippen LogP contribution >= 0.6 is 11.6 Å². The Balaban J connectivity index is 2.15. The van der Waals surface area contributed by atoms with E-state index in [0.29, 0.717) is 22.1 Å². The van der Waals surface area contributed by atoms with Gasteiger partial charge in [0, 0.05) is 5.02 Å². The molecule has 0 aliphatic heterocycles. The van der Waals surface area contributed by atoms with Crippen LogP contribution in [0.5, 0.6) is 11.5 Å². The highest BCUT2D eigenvalue weighted by atomic mass is 35.5. The summed E-state index contributed by atoms with van der Waals surface area (Å²) >= 11 is 6.08. The van der Waals surface area contributed by atoms with Crippen molar-refractivity contribution < 1.29 is 14.6 Å². The van der Waals surface area contributed by atoms with Crippen LogP contribution < -0.4 is 4.74 Å². The van der Waals surface area contributed by atoms with Gasteiger partial charge < -0.3 is 9.84 Å². The average molecular weight is 433 g/mol. The second-order valence-electron chi connectivity index (χ2n) is 7.65. The summed E-state index contributed by atoms with van der Waals surface area (Å²) in [5.74, 6) is 5.73. The lowest BCUT2D eigenvalue weighted by molar-refractivity contribution is -0.146. The molecule has 158 valence electrons. The highest BCUT2D eigenvalue weighted by Gasteiger charge is 2.50. The minimum Gasteiger partial charge on any atom is -0.481 e. The standard InChI is InChI=1S/C27H25ClO3/c1-4-9-25(20-10-8-13-24(18-20)31-23-11-6-5-7-12-23)27(19(2)3,26(29)30)21-14-16-22(28)17-15-21/h5-8,10-19,25H,1-3H3,(H,29,30). The molecule has 0 aliphatic rings. The van der Waals surface area contributed by atoms with Crippen molar-refractivity contribution in [3.05, 3.63) is 95.0 Å². The normalized spacial score (nSPS) is 13.6. The molecule has 4 heteroatoms. The fraction of sp³-hybridized carbons (Fsp3) is 0.222. The Morgan fingerprint density at radius 2 is 1.61 bits per heavy atom. The van der Waals surface area contributed by atoms with Gasteiger partial charge in [0.25, 0.3) is 0 Å². The zero-order chi connectivity index (χ0) is 22.4. The molecule has 3 aromatic carbocycles. The Morgan fingerprint density at radius 3 is 2.19 bits per heavy atom. The predicted octanol–water partition coefficient (Wildman–Crippen LogP) is 6.92. The lowest BCUT2D eigenvalue weighted by Gasteiger charge is -2.39. The molecule has 0 aliphatic carbocycles. The van der Waals surface area contributed by atoms with Gasteiger partial charge in [0.15, 0.2) is 0 Å². The van der Waals surface area contributed by atoms with Gasteiger partial charge in [-0.3, -0.25) is 4.79 Å². The SMILES string of the molecule is CC#CC(c1cccc(Oc2ccccc2)c1)C(C(=O)O)(c1ccc(Cl)cc1)C(C)C. The summed E-state index contributed by atoms with van der Waals surface area (Å²) in [5, 5.41) is 11.1. The summed E-state index contributed by atoms with van der Waals surface area (Å²) in [6, 6.07) is 24.0. The summed E-state index contributed by atoms with van der Waals surface area (Å²) in [7, 11) is 0. The molecule has 0 saturated heterocycles. The van der Waals surface area contributed by atoms with Crippen molar-refractivity contribution in [1.29, 1.82) is 0 Å². The first kappa shape index (κ1) is 22.5. The number of hydrogen-bond acceptors (Lipinski definition) is 2. The highest BCUT2D eigenvalue weighted by molar-refractivity contribution is 6.30. The van der Waals surface area contributed by atoms with E-state index in [4.69, 9.17) is 16.3 Å². The van der Waals surface area contributed by atoms with E-state index in [1.165, 1.54) is 0 Å². The summed E-state index contributed by atoms with van der Waals surface area (Å²) in [6.07, 6.45) is 0. The lowest BCUT2D eigenvalue weighted by Crippen LogP contribution is -2.46. The second kappa shape index (κ2) is 9.73. The van der Waals surface area contributed by atoms with Crippen LogP contribution in [-0.4, -0.2) is 11.1 Å². The van der Waals surface area contributed by atoms with E-state index in [1.54, 1.807) is 31.2 Å². The van der Waals surface area contributed by atoms with E-state index < -0.39 is 17.3 Å². The third-order valence-electron chi connectivity index (χ3n) is 5.50. The number of carboxylic acid groups (broad SMARTS) is 1. The van der Waals surface area contributed by atoms with Crippen molar-refractivity contribution in [1.82, 2.24) is 0 Å². The molecule has 0 heterocycles. The maximum absolute atomic E-state index is 12.9. The van der Waals surface area contributed by atoms with E-state index in [0.717, 1.165) is 5.56 Å². The number of aliphatic carboxylic acids is 1. The summed E-state index contributed by atoms with van der Waals surface area (Å²) < 4.78 is 5.99. The van der Waals surface area contributed by atoms with Crippen LogP contribution in [0.3, 0.4) is 0 Å². The molecule has 0 bridgehead atoms. The Kier molecular flexibility index (Phi) is 7.05. The monoisotopic (exact) mass is 432 g/mol. The van der Waals surface area contributed by atoms with Crippen LogP contribution in [-0.2, 0) is 10.2 Å². The number of carbonyl (C=O) groups is 1. The summed E-state index contributed by atoms with van der Waals surface area (Å²) in [4.78, 5) is 12.9. The van der Waals surface area contributed by atoms with Gasteiger partial charge in [-0.15, -0.1) is 5.92 Å². The van der Waals surface area contributed by atoms with Gasteiger partial charge in [0.1, 0.15) is 16.9 Å². The van der Waals surface area contributed by atoms with Crippen molar-refractivity contribution in [2.45, 2.75) is 32.1 Å². The van der Waals surface area contributed by atoms with Gasteiger partial charge in [0.2, 0.25) is 0 Å². The lowest BCUT2D eigenvalue weighted by atomic mass is 9.61. The largest absolute Gasteiger partial charge is 0.481 e. The van der Waals surface area contributed by atoms with E-state index >= 15 is 0 Å². The maximum Gasteiger partial charge on any atom is 0.316 e. The quantitative estimate of drug-likeness (QED) is 0.412. The minimum atomic E-state index is -1.26. The molecule has 3 nitrogen and oxygen atoms in total. The topological polar surface area (TPSA) is 46.5 Å². The number of rotatable bonds is 7. The van der Waals surface area contributed by atoms with E-state index in [2.05, 4.69) is 11.8 Å². The van der Waals surface area contributed by atoms with E-state index in [1.807, 2.05) is 68.4 Å². The maximum atomic E-state index is 12.9. The van der Waals surface area contributed by atoms with Crippen molar-refractivity contribution >= 4 is 17.6 Å². The molecule has 2 unspecified atom stereocenters. The van der Waals surface area contributed by atoms with Crippen molar-refractivity contribution in [2.24, 2.45) is 5.92 Å². The number of para-hydroxylation sites is 1. The molecule has 31 heavy (non-hydrogen) atoms. The molecule has 0 amide bonds. The second-order valence-corrected chi connectivity index (χ2v) is 8.09. The molecule has 0 aromatic heterocycles. The first-order valence-corrected chi connectivity index (χ1v) is 10.5. The fourth-order valence-corrected chi connectivity index (χ4v) is 4.17. The number of hydrogen-bond donors (Lipinski definition) is 1. The van der Waals surface area contributed by atoms with E-state index in [-0.39, 0.29) is 5.92 Å². The third kappa shape index (κ3) is 4.60.